The maximum absolute atomic E-state index is 13.1. The Labute approximate surface area is 122 Å². The standard InChI is InChI=1S/C13H10F2N2O3S/c14-9-2-1-7(3-10(9)15)12(19)16-4-8(5-16)17-11(18)6-21-13(17)20/h1-3,8H,4-6H2. The number of likely N-dealkylation sites (tertiary alicyclic amines) is 1. The number of benzene rings is 1. The van der Waals surface area contributed by atoms with Gasteiger partial charge < -0.3 is 4.90 Å². The Hall–Kier alpha value is -1.96. The third-order valence-electron chi connectivity index (χ3n) is 3.47. The summed E-state index contributed by atoms with van der Waals surface area (Å²) in [7, 11) is 0. The molecule has 0 unspecified atom stereocenters. The maximum atomic E-state index is 13.1. The largest absolute Gasteiger partial charge is 0.334 e. The number of imide groups is 1. The minimum Gasteiger partial charge on any atom is -0.334 e. The molecule has 8 heteroatoms. The molecule has 1 aromatic rings. The summed E-state index contributed by atoms with van der Waals surface area (Å²) >= 11 is 0.943. The lowest BCUT2D eigenvalue weighted by Gasteiger charge is -2.42. The normalized spacial score (nSPS) is 19.1. The van der Waals surface area contributed by atoms with Crippen molar-refractivity contribution in [3.8, 4) is 0 Å². The van der Waals surface area contributed by atoms with E-state index < -0.39 is 17.5 Å². The minimum atomic E-state index is -1.08. The van der Waals surface area contributed by atoms with Crippen LogP contribution >= 0.6 is 11.8 Å². The Morgan fingerprint density at radius 1 is 1.19 bits per heavy atom. The number of carbonyl (C=O) groups excluding carboxylic acids is 3. The molecule has 0 bridgehead atoms. The number of hydrogen-bond acceptors (Lipinski definition) is 4. The molecular weight excluding hydrogens is 302 g/mol. The van der Waals surface area contributed by atoms with Crippen molar-refractivity contribution < 1.29 is 23.2 Å². The van der Waals surface area contributed by atoms with Gasteiger partial charge in [0.15, 0.2) is 11.6 Å². The van der Waals surface area contributed by atoms with E-state index in [-0.39, 0.29) is 41.6 Å². The Kier molecular flexibility index (Phi) is 3.40. The van der Waals surface area contributed by atoms with Crippen molar-refractivity contribution in [2.75, 3.05) is 18.8 Å². The van der Waals surface area contributed by atoms with Crippen molar-refractivity contribution in [3.63, 3.8) is 0 Å². The van der Waals surface area contributed by atoms with Gasteiger partial charge in [0, 0.05) is 18.7 Å². The van der Waals surface area contributed by atoms with Gasteiger partial charge in [-0.2, -0.15) is 0 Å². The number of nitrogens with zero attached hydrogens (tertiary/aromatic N) is 2. The Morgan fingerprint density at radius 3 is 2.48 bits per heavy atom. The van der Waals surface area contributed by atoms with Crippen LogP contribution in [0.2, 0.25) is 0 Å². The monoisotopic (exact) mass is 312 g/mol. The fourth-order valence-corrected chi connectivity index (χ4v) is 3.09. The molecule has 2 heterocycles. The zero-order valence-electron chi connectivity index (χ0n) is 10.7. The van der Waals surface area contributed by atoms with Gasteiger partial charge in [0.2, 0.25) is 5.91 Å². The summed E-state index contributed by atoms with van der Waals surface area (Å²) in [5.41, 5.74) is 0.0424. The highest BCUT2D eigenvalue weighted by atomic mass is 32.2. The van der Waals surface area contributed by atoms with Crippen LogP contribution in [-0.4, -0.2) is 51.7 Å². The van der Waals surface area contributed by atoms with Crippen molar-refractivity contribution in [1.82, 2.24) is 9.80 Å². The van der Waals surface area contributed by atoms with E-state index in [0.717, 1.165) is 23.9 Å². The molecule has 0 saturated carbocycles. The van der Waals surface area contributed by atoms with Crippen molar-refractivity contribution in [1.29, 1.82) is 0 Å². The zero-order chi connectivity index (χ0) is 15.1. The topological polar surface area (TPSA) is 57.7 Å². The summed E-state index contributed by atoms with van der Waals surface area (Å²) in [6.45, 7) is 0.436. The number of hydrogen-bond donors (Lipinski definition) is 0. The van der Waals surface area contributed by atoms with Gasteiger partial charge in [-0.15, -0.1) is 0 Å². The van der Waals surface area contributed by atoms with Gasteiger partial charge in [-0.05, 0) is 18.2 Å². The first-order chi connectivity index (χ1) is 9.97. The fourth-order valence-electron chi connectivity index (χ4n) is 2.31. The van der Waals surface area contributed by atoms with Crippen LogP contribution in [0, 0.1) is 11.6 Å². The molecule has 3 rings (SSSR count). The lowest BCUT2D eigenvalue weighted by atomic mass is 10.0. The van der Waals surface area contributed by atoms with E-state index in [9.17, 15) is 23.2 Å². The van der Waals surface area contributed by atoms with Crippen LogP contribution in [0.4, 0.5) is 13.6 Å². The van der Waals surface area contributed by atoms with Gasteiger partial charge >= 0.3 is 0 Å². The van der Waals surface area contributed by atoms with E-state index in [1.165, 1.54) is 15.9 Å². The van der Waals surface area contributed by atoms with Gasteiger partial charge in [-0.25, -0.2) is 8.78 Å². The van der Waals surface area contributed by atoms with Crippen molar-refractivity contribution in [3.05, 3.63) is 35.4 Å². The van der Waals surface area contributed by atoms with Crippen LogP contribution in [-0.2, 0) is 4.79 Å². The summed E-state index contributed by atoms with van der Waals surface area (Å²) in [4.78, 5) is 37.7. The van der Waals surface area contributed by atoms with Crippen LogP contribution in [0.3, 0.4) is 0 Å². The maximum Gasteiger partial charge on any atom is 0.289 e. The molecule has 0 spiro atoms. The second kappa shape index (κ2) is 5.10. The first-order valence-electron chi connectivity index (χ1n) is 6.20. The molecule has 0 aromatic heterocycles. The van der Waals surface area contributed by atoms with Crippen LogP contribution in [0.15, 0.2) is 18.2 Å². The number of rotatable bonds is 2. The SMILES string of the molecule is O=C(c1ccc(F)c(F)c1)N1CC(N2C(=O)CSC2=O)C1. The highest BCUT2D eigenvalue weighted by Gasteiger charge is 2.43. The molecule has 0 radical (unpaired) electrons. The van der Waals surface area contributed by atoms with Crippen LogP contribution in [0.5, 0.6) is 0 Å². The third kappa shape index (κ3) is 2.39. The first-order valence-corrected chi connectivity index (χ1v) is 7.19. The molecule has 2 aliphatic rings. The molecule has 3 amide bonds. The van der Waals surface area contributed by atoms with Gasteiger partial charge in [-0.1, -0.05) is 11.8 Å². The predicted octanol–water partition coefficient (Wildman–Crippen LogP) is 1.48. The number of amides is 3. The second-order valence-corrected chi connectivity index (χ2v) is 5.74. The predicted molar refractivity (Wildman–Crippen MR) is 70.7 cm³/mol. The van der Waals surface area contributed by atoms with E-state index in [1.54, 1.807) is 0 Å². The lowest BCUT2D eigenvalue weighted by molar-refractivity contribution is -0.128. The van der Waals surface area contributed by atoms with Gasteiger partial charge in [0.25, 0.3) is 11.1 Å². The molecule has 5 nitrogen and oxygen atoms in total. The average Bonchev–Trinajstić information content (AvgIpc) is 2.72. The van der Waals surface area contributed by atoms with Gasteiger partial charge in [0.05, 0.1) is 11.8 Å². The summed E-state index contributed by atoms with van der Waals surface area (Å²) in [6, 6.07) is 2.61. The van der Waals surface area contributed by atoms with Crippen molar-refractivity contribution >= 4 is 28.8 Å². The molecule has 2 aliphatic heterocycles. The first kappa shape index (κ1) is 14.0. The van der Waals surface area contributed by atoms with E-state index in [0.29, 0.717) is 0 Å². The molecule has 0 N–H and O–H groups in total. The molecule has 0 atom stereocenters. The lowest BCUT2D eigenvalue weighted by Crippen LogP contribution is -2.62. The highest BCUT2D eigenvalue weighted by Crippen LogP contribution is 2.27. The van der Waals surface area contributed by atoms with E-state index in [2.05, 4.69) is 0 Å². The summed E-state index contributed by atoms with van der Waals surface area (Å²) in [5, 5.41) is -0.301. The fraction of sp³-hybridized carbons (Fsp3) is 0.308. The van der Waals surface area contributed by atoms with Gasteiger partial charge in [-0.3, -0.25) is 19.3 Å². The Morgan fingerprint density at radius 2 is 1.90 bits per heavy atom. The van der Waals surface area contributed by atoms with E-state index in [4.69, 9.17) is 0 Å². The van der Waals surface area contributed by atoms with Crippen LogP contribution < -0.4 is 0 Å². The third-order valence-corrected chi connectivity index (χ3v) is 4.30. The summed E-state index contributed by atoms with van der Waals surface area (Å²) < 4.78 is 25.9. The highest BCUT2D eigenvalue weighted by molar-refractivity contribution is 8.14. The zero-order valence-corrected chi connectivity index (χ0v) is 11.5. The molecule has 1 aromatic carbocycles. The number of halogens is 2. The molecule has 21 heavy (non-hydrogen) atoms. The minimum absolute atomic E-state index is 0.0424. The Balaban J connectivity index is 1.65. The Bertz CT molecular complexity index is 630. The summed E-state index contributed by atoms with van der Waals surface area (Å²) in [6.07, 6.45) is 0. The van der Waals surface area contributed by atoms with Crippen molar-refractivity contribution in [2.24, 2.45) is 0 Å². The van der Waals surface area contributed by atoms with Crippen LogP contribution in [0.1, 0.15) is 10.4 Å². The van der Waals surface area contributed by atoms with Crippen molar-refractivity contribution in [2.45, 2.75) is 6.04 Å². The molecule has 2 saturated heterocycles. The second-order valence-electron chi connectivity index (χ2n) is 4.81. The van der Waals surface area contributed by atoms with Crippen LogP contribution in [0.25, 0.3) is 0 Å². The summed E-state index contributed by atoms with van der Waals surface area (Å²) in [5.74, 6) is -2.67. The number of thioether (sulfide) groups is 1. The average molecular weight is 312 g/mol. The quantitative estimate of drug-likeness (QED) is 0.830. The molecule has 2 fully saturated rings. The van der Waals surface area contributed by atoms with E-state index in [1.807, 2.05) is 0 Å². The number of carbonyl (C=O) groups is 3. The molecule has 110 valence electrons. The molecular formula is C13H10F2N2O3S. The van der Waals surface area contributed by atoms with Gasteiger partial charge in [0.1, 0.15) is 0 Å². The molecule has 0 aliphatic carbocycles. The van der Waals surface area contributed by atoms with E-state index >= 15 is 0 Å². The smallest absolute Gasteiger partial charge is 0.289 e.